The summed E-state index contributed by atoms with van der Waals surface area (Å²) < 4.78 is 12.0. The van der Waals surface area contributed by atoms with E-state index < -0.39 is 17.7 Å². The van der Waals surface area contributed by atoms with Gasteiger partial charge < -0.3 is 4.74 Å². The molecule has 2 aromatic carbocycles. The average Bonchev–Trinajstić information content (AvgIpc) is 3.24. The number of ether oxygens (including phenoxy) is 2. The number of hydrogen-bond donors (Lipinski definition) is 1. The summed E-state index contributed by atoms with van der Waals surface area (Å²) >= 11 is 0.128. The molecule has 35 heavy (non-hydrogen) atoms. The number of morpholine rings is 1. The molecule has 2 atom stereocenters. The second kappa shape index (κ2) is 10.8. The summed E-state index contributed by atoms with van der Waals surface area (Å²) in [5.41, 5.74) is 0.729. The summed E-state index contributed by atoms with van der Waals surface area (Å²) in [5.74, 6) is -0.323. The summed E-state index contributed by atoms with van der Waals surface area (Å²) in [5, 5.41) is 2.95. The van der Waals surface area contributed by atoms with Crippen LogP contribution in [-0.2, 0) is 19.1 Å². The second-order valence-corrected chi connectivity index (χ2v) is 12.5. The molecule has 9 heteroatoms. The minimum atomic E-state index is -0.645. The Hall–Kier alpha value is -2.87. The Morgan fingerprint density at radius 3 is 2.46 bits per heavy atom. The van der Waals surface area contributed by atoms with E-state index in [-0.39, 0.29) is 38.2 Å². The molecular formula is C26H31N3O5Se. The summed E-state index contributed by atoms with van der Waals surface area (Å²) in [6, 6.07) is 16.7. The van der Waals surface area contributed by atoms with Gasteiger partial charge in [-0.15, -0.1) is 0 Å². The first kappa shape index (κ1) is 25.2. The van der Waals surface area contributed by atoms with Crippen LogP contribution in [0.5, 0.6) is 0 Å². The molecular weight excluding hydrogens is 513 g/mol. The van der Waals surface area contributed by atoms with Gasteiger partial charge in [0.15, 0.2) is 0 Å². The standard InChI is InChI=1S/C26H31N3O5Se/c1-26(2,3)34-25(32)29-16-21(35-20-7-5-4-6-8-20)15-22(29)24(31)27-18-9-11-19(12-10-18)28-13-14-33-17-23(28)30/h4-12,21-22H,13-17H2,1-3H3,(H,27,31)/t21-,22-/m1/s1. The molecule has 0 saturated carbocycles. The van der Waals surface area contributed by atoms with Gasteiger partial charge in [-0.1, -0.05) is 0 Å². The Morgan fingerprint density at radius 1 is 1.09 bits per heavy atom. The van der Waals surface area contributed by atoms with E-state index in [2.05, 4.69) is 17.4 Å². The molecule has 2 aliphatic rings. The number of anilines is 2. The fraction of sp³-hybridized carbons (Fsp3) is 0.423. The third kappa shape index (κ3) is 6.63. The number of rotatable bonds is 5. The molecule has 2 saturated heterocycles. The molecule has 2 fully saturated rings. The molecule has 0 radical (unpaired) electrons. The molecule has 0 bridgehead atoms. The number of hydrogen-bond acceptors (Lipinski definition) is 5. The minimum absolute atomic E-state index is 0.0757. The first-order valence-electron chi connectivity index (χ1n) is 11.7. The van der Waals surface area contributed by atoms with Crippen LogP contribution in [0.25, 0.3) is 0 Å². The fourth-order valence-corrected chi connectivity index (χ4v) is 6.63. The van der Waals surface area contributed by atoms with Crippen molar-refractivity contribution in [3.63, 3.8) is 0 Å². The van der Waals surface area contributed by atoms with Crippen LogP contribution in [0.3, 0.4) is 0 Å². The van der Waals surface area contributed by atoms with E-state index in [1.165, 1.54) is 4.46 Å². The molecule has 2 aliphatic heterocycles. The third-order valence-corrected chi connectivity index (χ3v) is 8.23. The van der Waals surface area contributed by atoms with Gasteiger partial charge in [0, 0.05) is 0 Å². The van der Waals surface area contributed by atoms with E-state index in [1.807, 2.05) is 39.0 Å². The first-order valence-corrected chi connectivity index (χ1v) is 13.5. The number of benzene rings is 2. The molecule has 4 rings (SSSR count). The van der Waals surface area contributed by atoms with Gasteiger partial charge in [0.2, 0.25) is 0 Å². The summed E-state index contributed by atoms with van der Waals surface area (Å²) in [7, 11) is 0. The summed E-state index contributed by atoms with van der Waals surface area (Å²) in [4.78, 5) is 41.8. The second-order valence-electron chi connectivity index (χ2n) is 9.57. The van der Waals surface area contributed by atoms with Crippen LogP contribution in [0.2, 0.25) is 4.82 Å². The molecule has 2 aromatic rings. The zero-order valence-electron chi connectivity index (χ0n) is 20.2. The van der Waals surface area contributed by atoms with Crippen molar-refractivity contribution in [2.45, 2.75) is 43.7 Å². The molecule has 0 aromatic heterocycles. The predicted octanol–water partition coefficient (Wildman–Crippen LogP) is 2.82. The zero-order valence-corrected chi connectivity index (χ0v) is 21.9. The molecule has 0 aliphatic carbocycles. The molecule has 8 nitrogen and oxygen atoms in total. The number of nitrogens with zero attached hydrogens (tertiary/aromatic N) is 2. The normalized spacial score (nSPS) is 20.6. The van der Waals surface area contributed by atoms with Crippen LogP contribution in [0, 0.1) is 0 Å². The number of nitrogens with one attached hydrogen (secondary N) is 1. The van der Waals surface area contributed by atoms with Crippen LogP contribution in [0.1, 0.15) is 27.2 Å². The van der Waals surface area contributed by atoms with Gasteiger partial charge in [0.05, 0.1) is 0 Å². The van der Waals surface area contributed by atoms with Gasteiger partial charge in [-0.05, 0) is 0 Å². The monoisotopic (exact) mass is 545 g/mol. The Balaban J connectivity index is 1.45. The maximum atomic E-state index is 13.3. The van der Waals surface area contributed by atoms with Crippen molar-refractivity contribution in [2.75, 3.05) is 36.5 Å². The van der Waals surface area contributed by atoms with Crippen molar-refractivity contribution >= 4 is 48.7 Å². The quantitative estimate of drug-likeness (QED) is 0.585. The van der Waals surface area contributed by atoms with Crippen LogP contribution in [0.15, 0.2) is 54.6 Å². The number of likely N-dealkylation sites (tertiary alicyclic amines) is 1. The van der Waals surface area contributed by atoms with Gasteiger partial charge >= 0.3 is 207 Å². The number of carbonyl (C=O) groups is 3. The topological polar surface area (TPSA) is 88.2 Å². The Labute approximate surface area is 212 Å². The van der Waals surface area contributed by atoms with E-state index in [4.69, 9.17) is 9.47 Å². The molecule has 186 valence electrons. The molecule has 1 N–H and O–H groups in total. The number of carbonyl (C=O) groups excluding carboxylic acids is 3. The van der Waals surface area contributed by atoms with Crippen molar-refractivity contribution in [1.29, 1.82) is 0 Å². The van der Waals surface area contributed by atoms with E-state index in [9.17, 15) is 14.4 Å². The van der Waals surface area contributed by atoms with Gasteiger partial charge in [0.25, 0.3) is 0 Å². The maximum absolute atomic E-state index is 13.3. The Bertz CT molecular complexity index is 1050. The Kier molecular flexibility index (Phi) is 7.79. The Morgan fingerprint density at radius 2 is 1.80 bits per heavy atom. The SMILES string of the molecule is CC(C)(C)OC(=O)N1C[C@H]([Se]c2ccccc2)C[C@@H]1C(=O)Nc1ccc(N2CCOCC2=O)cc1. The van der Waals surface area contributed by atoms with Gasteiger partial charge in [0.1, 0.15) is 0 Å². The molecule has 3 amide bonds. The van der Waals surface area contributed by atoms with Gasteiger partial charge in [-0.3, -0.25) is 0 Å². The predicted molar refractivity (Wildman–Crippen MR) is 135 cm³/mol. The van der Waals surface area contributed by atoms with Crippen LogP contribution in [-0.4, -0.2) is 75.7 Å². The molecule has 0 spiro atoms. The molecule has 2 heterocycles. The van der Waals surface area contributed by atoms with Crippen molar-refractivity contribution in [2.24, 2.45) is 0 Å². The van der Waals surface area contributed by atoms with Gasteiger partial charge in [-0.25, -0.2) is 0 Å². The molecule has 0 unspecified atom stereocenters. The fourth-order valence-electron chi connectivity index (χ4n) is 4.09. The average molecular weight is 545 g/mol. The van der Waals surface area contributed by atoms with E-state index in [0.717, 1.165) is 5.69 Å². The third-order valence-electron chi connectivity index (χ3n) is 5.67. The van der Waals surface area contributed by atoms with E-state index in [0.29, 0.717) is 31.8 Å². The van der Waals surface area contributed by atoms with Crippen LogP contribution >= 0.6 is 0 Å². The first-order chi connectivity index (χ1) is 16.7. The van der Waals surface area contributed by atoms with E-state index >= 15 is 0 Å². The summed E-state index contributed by atoms with van der Waals surface area (Å²) in [6.45, 7) is 7.03. The van der Waals surface area contributed by atoms with Crippen molar-refractivity contribution in [3.8, 4) is 0 Å². The van der Waals surface area contributed by atoms with Crippen molar-refractivity contribution < 1.29 is 23.9 Å². The zero-order chi connectivity index (χ0) is 25.0. The van der Waals surface area contributed by atoms with Crippen molar-refractivity contribution in [3.05, 3.63) is 54.6 Å². The van der Waals surface area contributed by atoms with Crippen LogP contribution < -0.4 is 14.7 Å². The number of amides is 3. The van der Waals surface area contributed by atoms with Gasteiger partial charge in [-0.2, -0.15) is 0 Å². The summed E-state index contributed by atoms with van der Waals surface area (Å²) in [6.07, 6.45) is 0.116. The van der Waals surface area contributed by atoms with Crippen LogP contribution in [0.4, 0.5) is 16.2 Å². The van der Waals surface area contributed by atoms with E-state index in [1.54, 1.807) is 34.1 Å². The van der Waals surface area contributed by atoms with Crippen molar-refractivity contribution in [1.82, 2.24) is 4.90 Å².